The van der Waals surface area contributed by atoms with E-state index in [9.17, 15) is 9.59 Å². The minimum Gasteiger partial charge on any atom is -0.361 e. The lowest BCUT2D eigenvalue weighted by Crippen LogP contribution is -2.62. The predicted molar refractivity (Wildman–Crippen MR) is 107 cm³/mol. The highest BCUT2D eigenvalue weighted by Crippen LogP contribution is 2.28. The predicted octanol–water partition coefficient (Wildman–Crippen LogP) is 2.25. The smallest absolute Gasteiger partial charge is 0.309 e. The first-order chi connectivity index (χ1) is 12.7. The molecule has 0 unspecified atom stereocenters. The Labute approximate surface area is 160 Å². The molecule has 0 spiro atoms. The Hall–Kier alpha value is -2.34. The van der Waals surface area contributed by atoms with E-state index in [1.54, 1.807) is 0 Å². The summed E-state index contributed by atoms with van der Waals surface area (Å²) in [5.41, 5.74) is 2.05. The van der Waals surface area contributed by atoms with Gasteiger partial charge in [0.25, 0.3) is 0 Å². The molecule has 1 aliphatic heterocycles. The first-order valence-electron chi connectivity index (χ1n) is 9.58. The molecule has 27 heavy (non-hydrogen) atoms. The standard InChI is InChI=1S/C21H30N4O2/c1-20(2)11-15(12-21(3,4)25-20)24-19(27)18(26)22-10-9-14-13-23-17-8-6-5-7-16(14)17/h5-8,13,15,23,25H,9-12H2,1-4H3,(H,22,26)(H,24,27). The second kappa shape index (κ2) is 7.35. The second-order valence-electron chi connectivity index (χ2n) is 8.84. The van der Waals surface area contributed by atoms with Crippen molar-refractivity contribution in [2.24, 2.45) is 0 Å². The van der Waals surface area contributed by atoms with Gasteiger partial charge in [0.2, 0.25) is 0 Å². The molecule has 1 saturated heterocycles. The van der Waals surface area contributed by atoms with Gasteiger partial charge in [-0.1, -0.05) is 18.2 Å². The van der Waals surface area contributed by atoms with Crippen LogP contribution in [-0.2, 0) is 16.0 Å². The Kier molecular flexibility index (Phi) is 5.29. The zero-order valence-corrected chi connectivity index (χ0v) is 16.6. The zero-order chi connectivity index (χ0) is 19.7. The summed E-state index contributed by atoms with van der Waals surface area (Å²) in [6.45, 7) is 8.91. The quantitative estimate of drug-likeness (QED) is 0.623. The third-order valence-corrected chi connectivity index (χ3v) is 5.09. The maximum Gasteiger partial charge on any atom is 0.309 e. The molecule has 3 rings (SSSR count). The van der Waals surface area contributed by atoms with Crippen LogP contribution in [0.5, 0.6) is 0 Å². The van der Waals surface area contributed by atoms with E-state index >= 15 is 0 Å². The fraction of sp³-hybridized carbons (Fsp3) is 0.524. The molecule has 1 fully saturated rings. The van der Waals surface area contributed by atoms with Crippen molar-refractivity contribution in [3.05, 3.63) is 36.0 Å². The van der Waals surface area contributed by atoms with Gasteiger partial charge in [-0.2, -0.15) is 0 Å². The Morgan fingerprint density at radius 1 is 1.07 bits per heavy atom. The molecule has 146 valence electrons. The number of para-hydroxylation sites is 1. The van der Waals surface area contributed by atoms with Crippen LogP contribution >= 0.6 is 0 Å². The summed E-state index contributed by atoms with van der Waals surface area (Å²) in [6, 6.07) is 8.04. The minimum absolute atomic E-state index is 0.0110. The summed E-state index contributed by atoms with van der Waals surface area (Å²) >= 11 is 0. The Morgan fingerprint density at radius 3 is 2.44 bits per heavy atom. The fourth-order valence-electron chi connectivity index (χ4n) is 4.40. The summed E-state index contributed by atoms with van der Waals surface area (Å²) in [6.07, 6.45) is 4.22. The van der Waals surface area contributed by atoms with Crippen molar-refractivity contribution in [2.75, 3.05) is 6.54 Å². The van der Waals surface area contributed by atoms with E-state index in [1.165, 1.54) is 0 Å². The van der Waals surface area contributed by atoms with Gasteiger partial charge in [-0.25, -0.2) is 0 Å². The number of benzene rings is 1. The lowest BCUT2D eigenvalue weighted by atomic mass is 9.79. The molecule has 0 aliphatic carbocycles. The van der Waals surface area contributed by atoms with Gasteiger partial charge >= 0.3 is 11.8 Å². The second-order valence-corrected chi connectivity index (χ2v) is 8.84. The molecule has 1 aromatic carbocycles. The maximum absolute atomic E-state index is 12.3. The van der Waals surface area contributed by atoms with Gasteiger partial charge in [0, 0.05) is 40.8 Å². The first-order valence-corrected chi connectivity index (χ1v) is 9.58. The van der Waals surface area contributed by atoms with E-state index in [1.807, 2.05) is 24.4 Å². The Bertz CT molecular complexity index is 822. The molecule has 0 saturated carbocycles. The van der Waals surface area contributed by atoms with Crippen LogP contribution < -0.4 is 16.0 Å². The van der Waals surface area contributed by atoms with Crippen LogP contribution in [-0.4, -0.2) is 40.5 Å². The highest BCUT2D eigenvalue weighted by atomic mass is 16.2. The average molecular weight is 370 g/mol. The summed E-state index contributed by atoms with van der Waals surface area (Å²) < 4.78 is 0. The molecule has 1 aliphatic rings. The molecule has 0 atom stereocenters. The van der Waals surface area contributed by atoms with Gasteiger partial charge in [0.05, 0.1) is 0 Å². The molecule has 1 aromatic heterocycles. The normalized spacial score (nSPS) is 19.0. The Morgan fingerprint density at radius 2 is 1.74 bits per heavy atom. The molecule has 2 heterocycles. The topological polar surface area (TPSA) is 86.0 Å². The molecule has 2 amide bonds. The molecule has 6 heteroatoms. The van der Waals surface area contributed by atoms with Crippen molar-refractivity contribution < 1.29 is 9.59 Å². The van der Waals surface area contributed by atoms with E-state index in [0.717, 1.165) is 29.3 Å². The van der Waals surface area contributed by atoms with Crippen LogP contribution in [0.2, 0.25) is 0 Å². The number of aromatic amines is 1. The highest BCUT2D eigenvalue weighted by molar-refractivity contribution is 6.35. The number of amides is 2. The zero-order valence-electron chi connectivity index (χ0n) is 16.6. The number of piperidine rings is 1. The number of H-pyrrole nitrogens is 1. The van der Waals surface area contributed by atoms with Crippen molar-refractivity contribution in [3.8, 4) is 0 Å². The summed E-state index contributed by atoms with van der Waals surface area (Å²) in [5.74, 6) is -1.11. The maximum atomic E-state index is 12.3. The largest absolute Gasteiger partial charge is 0.361 e. The monoisotopic (exact) mass is 370 g/mol. The summed E-state index contributed by atoms with van der Waals surface area (Å²) in [4.78, 5) is 27.7. The lowest BCUT2D eigenvalue weighted by molar-refractivity contribution is -0.140. The van der Waals surface area contributed by atoms with Crippen molar-refractivity contribution in [2.45, 2.75) is 64.1 Å². The van der Waals surface area contributed by atoms with Crippen molar-refractivity contribution in [1.29, 1.82) is 0 Å². The number of hydrogen-bond acceptors (Lipinski definition) is 3. The van der Waals surface area contributed by atoms with Gasteiger partial charge < -0.3 is 20.9 Å². The molecule has 4 N–H and O–H groups in total. The van der Waals surface area contributed by atoms with E-state index in [4.69, 9.17) is 0 Å². The number of aromatic nitrogens is 1. The van der Waals surface area contributed by atoms with Crippen molar-refractivity contribution in [1.82, 2.24) is 20.9 Å². The van der Waals surface area contributed by atoms with Crippen LogP contribution in [0.15, 0.2) is 30.5 Å². The van der Waals surface area contributed by atoms with Crippen molar-refractivity contribution in [3.63, 3.8) is 0 Å². The summed E-state index contributed by atoms with van der Waals surface area (Å²) in [7, 11) is 0. The van der Waals surface area contributed by atoms with Gasteiger partial charge in [-0.3, -0.25) is 9.59 Å². The average Bonchev–Trinajstić information content (AvgIpc) is 2.95. The van der Waals surface area contributed by atoms with E-state index < -0.39 is 11.8 Å². The molecular formula is C21H30N4O2. The number of carbonyl (C=O) groups excluding carboxylic acids is 2. The number of rotatable bonds is 4. The minimum atomic E-state index is -0.566. The van der Waals surface area contributed by atoms with Crippen LogP contribution in [0.3, 0.4) is 0 Å². The number of fused-ring (bicyclic) bond motifs is 1. The molecular weight excluding hydrogens is 340 g/mol. The third kappa shape index (κ3) is 4.89. The molecule has 6 nitrogen and oxygen atoms in total. The summed E-state index contributed by atoms with van der Waals surface area (Å²) in [5, 5.41) is 10.4. The van der Waals surface area contributed by atoms with E-state index in [2.05, 4.69) is 54.7 Å². The third-order valence-electron chi connectivity index (χ3n) is 5.09. The van der Waals surface area contributed by atoms with Gasteiger partial charge in [-0.05, 0) is 58.6 Å². The molecule has 2 aromatic rings. The highest BCUT2D eigenvalue weighted by Gasteiger charge is 2.38. The fourth-order valence-corrected chi connectivity index (χ4v) is 4.40. The van der Waals surface area contributed by atoms with Crippen molar-refractivity contribution >= 4 is 22.7 Å². The van der Waals surface area contributed by atoms with Crippen LogP contribution in [0.25, 0.3) is 10.9 Å². The van der Waals surface area contributed by atoms with Gasteiger partial charge in [-0.15, -0.1) is 0 Å². The lowest BCUT2D eigenvalue weighted by Gasteiger charge is -2.46. The Balaban J connectivity index is 1.50. The van der Waals surface area contributed by atoms with E-state index in [-0.39, 0.29) is 17.1 Å². The van der Waals surface area contributed by atoms with E-state index in [0.29, 0.717) is 13.0 Å². The van der Waals surface area contributed by atoms with Crippen LogP contribution in [0, 0.1) is 0 Å². The SMILES string of the molecule is CC1(C)CC(NC(=O)C(=O)NCCc2c[nH]c3ccccc23)CC(C)(C)N1. The first kappa shape index (κ1) is 19.4. The number of nitrogens with one attached hydrogen (secondary N) is 4. The van der Waals surface area contributed by atoms with Crippen LogP contribution in [0.1, 0.15) is 46.1 Å². The van der Waals surface area contributed by atoms with Gasteiger partial charge in [0.15, 0.2) is 0 Å². The number of carbonyl (C=O) groups is 2. The molecule has 0 radical (unpaired) electrons. The number of hydrogen-bond donors (Lipinski definition) is 4. The van der Waals surface area contributed by atoms with Crippen LogP contribution in [0.4, 0.5) is 0 Å². The van der Waals surface area contributed by atoms with Gasteiger partial charge in [0.1, 0.15) is 0 Å². The molecule has 0 bridgehead atoms.